The van der Waals surface area contributed by atoms with Crippen molar-refractivity contribution in [1.29, 1.82) is 0 Å². The third kappa shape index (κ3) is 3.39. The SMILES string of the molecule is CC(C)NCC=Cc1ccco1. The first-order chi connectivity index (χ1) is 5.79. The summed E-state index contributed by atoms with van der Waals surface area (Å²) >= 11 is 0. The van der Waals surface area contributed by atoms with E-state index in [9.17, 15) is 0 Å². The lowest BCUT2D eigenvalue weighted by Crippen LogP contribution is -2.22. The van der Waals surface area contributed by atoms with E-state index in [1.54, 1.807) is 6.26 Å². The van der Waals surface area contributed by atoms with E-state index in [4.69, 9.17) is 4.42 Å². The molecule has 66 valence electrons. The molecule has 2 nitrogen and oxygen atoms in total. The first kappa shape index (κ1) is 9.07. The molecule has 2 heteroatoms. The minimum absolute atomic E-state index is 0.534. The lowest BCUT2D eigenvalue weighted by molar-refractivity contribution is 0.556. The zero-order valence-corrected chi connectivity index (χ0v) is 7.58. The number of hydrogen-bond donors (Lipinski definition) is 1. The summed E-state index contributed by atoms with van der Waals surface area (Å²) in [5.41, 5.74) is 0. The first-order valence-electron chi connectivity index (χ1n) is 4.22. The molecule has 1 aromatic heterocycles. The predicted molar refractivity (Wildman–Crippen MR) is 50.9 cm³/mol. The molecule has 0 radical (unpaired) electrons. The zero-order chi connectivity index (χ0) is 8.81. The molecule has 1 heterocycles. The van der Waals surface area contributed by atoms with Crippen LogP contribution in [0.3, 0.4) is 0 Å². The van der Waals surface area contributed by atoms with Gasteiger partial charge >= 0.3 is 0 Å². The molecule has 0 amide bonds. The third-order valence-electron chi connectivity index (χ3n) is 1.47. The van der Waals surface area contributed by atoms with E-state index in [2.05, 4.69) is 25.2 Å². The Bertz CT molecular complexity index is 224. The number of furan rings is 1. The molecular formula is C10H15NO. The monoisotopic (exact) mass is 165 g/mol. The Morgan fingerprint density at radius 2 is 2.42 bits per heavy atom. The second kappa shape index (κ2) is 4.78. The normalized spacial score (nSPS) is 11.6. The Hall–Kier alpha value is -1.02. The Morgan fingerprint density at radius 1 is 1.58 bits per heavy atom. The molecule has 1 N–H and O–H groups in total. The van der Waals surface area contributed by atoms with Crippen LogP contribution in [0.5, 0.6) is 0 Å². The van der Waals surface area contributed by atoms with Crippen LogP contribution in [0.15, 0.2) is 28.9 Å². The number of nitrogens with one attached hydrogen (secondary N) is 1. The van der Waals surface area contributed by atoms with Gasteiger partial charge in [0.25, 0.3) is 0 Å². The summed E-state index contributed by atoms with van der Waals surface area (Å²) in [5, 5.41) is 3.28. The predicted octanol–water partition coefficient (Wildman–Crippen LogP) is 2.29. The van der Waals surface area contributed by atoms with Gasteiger partial charge in [0.15, 0.2) is 0 Å². The number of hydrogen-bond acceptors (Lipinski definition) is 2. The van der Waals surface area contributed by atoms with Crippen molar-refractivity contribution in [2.24, 2.45) is 0 Å². The van der Waals surface area contributed by atoms with Gasteiger partial charge in [0.1, 0.15) is 5.76 Å². The second-order valence-corrected chi connectivity index (χ2v) is 2.98. The van der Waals surface area contributed by atoms with Crippen LogP contribution in [0.4, 0.5) is 0 Å². The Labute approximate surface area is 73.3 Å². The molecule has 0 aromatic carbocycles. The van der Waals surface area contributed by atoms with Crippen molar-refractivity contribution >= 4 is 6.08 Å². The first-order valence-corrected chi connectivity index (χ1v) is 4.22. The Kier molecular flexibility index (Phi) is 3.61. The molecule has 0 aliphatic carbocycles. The van der Waals surface area contributed by atoms with Crippen LogP contribution in [0.1, 0.15) is 19.6 Å². The smallest absolute Gasteiger partial charge is 0.126 e. The highest BCUT2D eigenvalue weighted by Gasteiger charge is 1.88. The van der Waals surface area contributed by atoms with Gasteiger partial charge in [0.05, 0.1) is 6.26 Å². The molecule has 0 saturated carbocycles. The van der Waals surface area contributed by atoms with Gasteiger partial charge in [0.2, 0.25) is 0 Å². The van der Waals surface area contributed by atoms with Crippen molar-refractivity contribution in [3.05, 3.63) is 30.2 Å². The van der Waals surface area contributed by atoms with E-state index in [0.717, 1.165) is 12.3 Å². The Balaban J connectivity index is 2.23. The summed E-state index contributed by atoms with van der Waals surface area (Å²) < 4.78 is 5.13. The van der Waals surface area contributed by atoms with Gasteiger partial charge in [0, 0.05) is 12.6 Å². The van der Waals surface area contributed by atoms with Gasteiger partial charge in [-0.25, -0.2) is 0 Å². The molecule has 0 spiro atoms. The van der Waals surface area contributed by atoms with E-state index < -0.39 is 0 Å². The second-order valence-electron chi connectivity index (χ2n) is 2.98. The highest BCUT2D eigenvalue weighted by Crippen LogP contribution is 2.01. The molecule has 0 saturated heterocycles. The molecule has 0 atom stereocenters. The van der Waals surface area contributed by atoms with Crippen LogP contribution < -0.4 is 5.32 Å². The van der Waals surface area contributed by atoms with Crippen molar-refractivity contribution in [1.82, 2.24) is 5.32 Å². The van der Waals surface area contributed by atoms with Gasteiger partial charge < -0.3 is 9.73 Å². The van der Waals surface area contributed by atoms with Gasteiger partial charge in [-0.15, -0.1) is 0 Å². The molecule has 0 unspecified atom stereocenters. The summed E-state index contributed by atoms with van der Waals surface area (Å²) in [6.07, 6.45) is 5.70. The van der Waals surface area contributed by atoms with Crippen LogP contribution in [0, 0.1) is 0 Å². The van der Waals surface area contributed by atoms with Gasteiger partial charge in [-0.1, -0.05) is 19.9 Å². The van der Waals surface area contributed by atoms with Crippen LogP contribution in [0.2, 0.25) is 0 Å². The Morgan fingerprint density at radius 3 is 3.00 bits per heavy atom. The molecule has 0 fully saturated rings. The molecule has 1 rings (SSSR count). The quantitative estimate of drug-likeness (QED) is 0.740. The maximum absolute atomic E-state index is 5.13. The van der Waals surface area contributed by atoms with Gasteiger partial charge in [-0.05, 0) is 18.2 Å². The summed E-state index contributed by atoms with van der Waals surface area (Å²) in [6, 6.07) is 4.35. The fourth-order valence-corrected chi connectivity index (χ4v) is 0.865. The van der Waals surface area contributed by atoms with Crippen molar-refractivity contribution in [2.75, 3.05) is 6.54 Å². The minimum atomic E-state index is 0.534. The highest BCUT2D eigenvalue weighted by atomic mass is 16.3. The van der Waals surface area contributed by atoms with Crippen LogP contribution >= 0.6 is 0 Å². The zero-order valence-electron chi connectivity index (χ0n) is 7.58. The van der Waals surface area contributed by atoms with E-state index in [-0.39, 0.29) is 0 Å². The minimum Gasteiger partial charge on any atom is -0.465 e. The molecule has 0 bridgehead atoms. The van der Waals surface area contributed by atoms with Crippen molar-refractivity contribution in [3.8, 4) is 0 Å². The van der Waals surface area contributed by atoms with Crippen molar-refractivity contribution in [3.63, 3.8) is 0 Å². The molecule has 1 aromatic rings. The topological polar surface area (TPSA) is 25.2 Å². The summed E-state index contributed by atoms with van der Waals surface area (Å²) in [4.78, 5) is 0. The molecule has 12 heavy (non-hydrogen) atoms. The fraction of sp³-hybridized carbons (Fsp3) is 0.400. The van der Waals surface area contributed by atoms with Crippen LogP contribution in [-0.4, -0.2) is 12.6 Å². The van der Waals surface area contributed by atoms with Gasteiger partial charge in [-0.3, -0.25) is 0 Å². The van der Waals surface area contributed by atoms with E-state index in [1.807, 2.05) is 18.2 Å². The lowest BCUT2D eigenvalue weighted by atomic mass is 10.3. The standard InChI is InChI=1S/C10H15NO/c1-9(2)11-7-3-5-10-6-4-8-12-10/h3-6,8-9,11H,7H2,1-2H3. The maximum Gasteiger partial charge on any atom is 0.126 e. The summed E-state index contributed by atoms with van der Waals surface area (Å²) in [6.45, 7) is 5.14. The number of rotatable bonds is 4. The highest BCUT2D eigenvalue weighted by molar-refractivity contribution is 5.42. The maximum atomic E-state index is 5.13. The van der Waals surface area contributed by atoms with E-state index in [0.29, 0.717) is 6.04 Å². The largest absolute Gasteiger partial charge is 0.465 e. The summed E-state index contributed by atoms with van der Waals surface area (Å²) in [5.74, 6) is 0.903. The third-order valence-corrected chi connectivity index (χ3v) is 1.47. The van der Waals surface area contributed by atoms with Crippen molar-refractivity contribution in [2.45, 2.75) is 19.9 Å². The summed E-state index contributed by atoms with van der Waals surface area (Å²) in [7, 11) is 0. The van der Waals surface area contributed by atoms with Crippen molar-refractivity contribution < 1.29 is 4.42 Å². The fourth-order valence-electron chi connectivity index (χ4n) is 0.865. The molecule has 0 aliphatic heterocycles. The van der Waals surface area contributed by atoms with E-state index >= 15 is 0 Å². The van der Waals surface area contributed by atoms with E-state index in [1.165, 1.54) is 0 Å². The molecule has 0 aliphatic rings. The van der Waals surface area contributed by atoms with Gasteiger partial charge in [-0.2, -0.15) is 0 Å². The average molecular weight is 165 g/mol. The van der Waals surface area contributed by atoms with Crippen LogP contribution in [0.25, 0.3) is 6.08 Å². The van der Waals surface area contributed by atoms with Crippen LogP contribution in [-0.2, 0) is 0 Å². The lowest BCUT2D eigenvalue weighted by Gasteiger charge is -2.02. The average Bonchev–Trinajstić information content (AvgIpc) is 2.49. The molecular weight excluding hydrogens is 150 g/mol.